The van der Waals surface area contributed by atoms with E-state index in [1.165, 1.54) is 0 Å². The van der Waals surface area contributed by atoms with Crippen molar-refractivity contribution in [3.05, 3.63) is 182 Å². The van der Waals surface area contributed by atoms with Gasteiger partial charge in [0.15, 0.2) is 34.9 Å². The lowest BCUT2D eigenvalue weighted by Crippen LogP contribution is -2.00. The molecule has 0 spiro atoms. The van der Waals surface area contributed by atoms with Crippen LogP contribution >= 0.6 is 0 Å². The van der Waals surface area contributed by atoms with Crippen LogP contribution in [0, 0.1) is 0 Å². The average molecular weight is 723 g/mol. The van der Waals surface area contributed by atoms with Gasteiger partial charge in [0.2, 0.25) is 0 Å². The van der Waals surface area contributed by atoms with Crippen LogP contribution in [0.15, 0.2) is 186 Å². The van der Waals surface area contributed by atoms with Crippen LogP contribution in [-0.2, 0) is 0 Å². The molecular weight excluding hydrogens is 693 g/mol. The summed E-state index contributed by atoms with van der Waals surface area (Å²) >= 11 is 0. The third-order valence-corrected chi connectivity index (χ3v) is 9.45. The first-order chi connectivity index (χ1) is 27.7. The van der Waals surface area contributed by atoms with Gasteiger partial charge >= 0.3 is 0 Å². The molecule has 0 radical (unpaired) electrons. The molecule has 0 atom stereocenters. The molecule has 0 saturated carbocycles. The Bertz CT molecular complexity index is 2930. The Kier molecular flexibility index (Phi) is 8.31. The number of aromatic nitrogens is 6. The average Bonchev–Trinajstić information content (AvgIpc) is 3.66. The summed E-state index contributed by atoms with van der Waals surface area (Å²) in [4.78, 5) is 29.5. The van der Waals surface area contributed by atoms with Gasteiger partial charge < -0.3 is 9.15 Å². The lowest BCUT2D eigenvalue weighted by atomic mass is 10.1. The molecule has 10 aromatic rings. The Morgan fingerprint density at radius 1 is 0.321 bits per heavy atom. The molecule has 0 aliphatic carbocycles. The monoisotopic (exact) mass is 722 g/mol. The van der Waals surface area contributed by atoms with Crippen molar-refractivity contribution in [2.75, 3.05) is 0 Å². The summed E-state index contributed by atoms with van der Waals surface area (Å²) in [5.41, 5.74) is 6.81. The Balaban J connectivity index is 0.992. The van der Waals surface area contributed by atoms with Gasteiger partial charge in [-0.15, -0.1) is 0 Å². The van der Waals surface area contributed by atoms with Gasteiger partial charge in [0, 0.05) is 44.2 Å². The maximum Gasteiger partial charge on any atom is 0.164 e. The van der Waals surface area contributed by atoms with E-state index in [0.29, 0.717) is 46.4 Å². The van der Waals surface area contributed by atoms with Gasteiger partial charge in [0.25, 0.3) is 0 Å². The number of hydrogen-bond donors (Lipinski definition) is 0. The number of para-hydroxylation sites is 1. The van der Waals surface area contributed by atoms with Crippen molar-refractivity contribution in [2.24, 2.45) is 0 Å². The minimum absolute atomic E-state index is 0.526. The molecular formula is C48H30N6O2. The SMILES string of the molecule is c1ccc(-c2nc(-c3ccccc3)nc(-c3ccc(Oc4cccc(-c5nc(-c6ccccc6)nc(-c6cccc7oc8ccccc8c67)n5)c4)cc3)n2)cc1. The van der Waals surface area contributed by atoms with Crippen LogP contribution in [0.3, 0.4) is 0 Å². The Morgan fingerprint density at radius 2 is 0.768 bits per heavy atom. The zero-order valence-corrected chi connectivity index (χ0v) is 29.8. The molecule has 3 aromatic heterocycles. The largest absolute Gasteiger partial charge is 0.457 e. The minimum Gasteiger partial charge on any atom is -0.457 e. The van der Waals surface area contributed by atoms with Crippen LogP contribution in [0.2, 0.25) is 0 Å². The standard InChI is InChI=1S/C48H30N6O2/c1-4-14-31(15-5-1)43-49-44(32-16-6-2-7-17-32)51-46(50-43)34-26-28-36(29-27-34)55-37-21-12-20-35(30-37)47-52-45(33-18-8-3-9-19-33)53-48(54-47)39-23-13-25-41-42(39)38-22-10-11-24-40(38)56-41/h1-30H. The first-order valence-electron chi connectivity index (χ1n) is 18.2. The summed E-state index contributed by atoms with van der Waals surface area (Å²) in [5.74, 6) is 4.74. The molecule has 0 N–H and O–H groups in total. The normalized spacial score (nSPS) is 11.2. The number of rotatable bonds is 8. The molecule has 0 bridgehead atoms. The van der Waals surface area contributed by atoms with E-state index in [0.717, 1.165) is 55.3 Å². The van der Waals surface area contributed by atoms with Gasteiger partial charge in [-0.1, -0.05) is 133 Å². The van der Waals surface area contributed by atoms with E-state index in [1.807, 2.05) is 176 Å². The van der Waals surface area contributed by atoms with E-state index < -0.39 is 0 Å². The number of furan rings is 1. The summed E-state index contributed by atoms with van der Waals surface area (Å²) in [6.07, 6.45) is 0. The number of fused-ring (bicyclic) bond motifs is 3. The molecule has 0 unspecified atom stereocenters. The topological polar surface area (TPSA) is 99.7 Å². The van der Waals surface area contributed by atoms with Gasteiger partial charge in [0.05, 0.1) is 0 Å². The molecule has 264 valence electrons. The van der Waals surface area contributed by atoms with Crippen molar-refractivity contribution in [3.8, 4) is 79.8 Å². The molecule has 0 fully saturated rings. The molecule has 0 aliphatic rings. The molecule has 7 aromatic carbocycles. The van der Waals surface area contributed by atoms with Crippen molar-refractivity contribution in [1.82, 2.24) is 29.9 Å². The van der Waals surface area contributed by atoms with Gasteiger partial charge in [-0.2, -0.15) is 0 Å². The number of hydrogen-bond acceptors (Lipinski definition) is 8. The zero-order valence-electron chi connectivity index (χ0n) is 29.8. The molecule has 10 rings (SSSR count). The van der Waals surface area contributed by atoms with E-state index >= 15 is 0 Å². The van der Waals surface area contributed by atoms with Crippen molar-refractivity contribution < 1.29 is 9.15 Å². The Morgan fingerprint density at radius 3 is 1.36 bits per heavy atom. The summed E-state index contributed by atoms with van der Waals surface area (Å²) in [5, 5.41) is 1.97. The number of ether oxygens (including phenoxy) is 1. The zero-order chi connectivity index (χ0) is 37.3. The third-order valence-electron chi connectivity index (χ3n) is 9.45. The van der Waals surface area contributed by atoms with E-state index in [1.54, 1.807) is 0 Å². The van der Waals surface area contributed by atoms with Gasteiger partial charge in [-0.3, -0.25) is 0 Å². The van der Waals surface area contributed by atoms with Crippen LogP contribution in [-0.4, -0.2) is 29.9 Å². The second-order valence-electron chi connectivity index (χ2n) is 13.1. The fourth-order valence-corrected chi connectivity index (χ4v) is 6.75. The molecule has 0 saturated heterocycles. The maximum absolute atomic E-state index is 6.41. The highest BCUT2D eigenvalue weighted by Gasteiger charge is 2.18. The van der Waals surface area contributed by atoms with E-state index in [2.05, 4.69) is 6.07 Å². The first-order valence-corrected chi connectivity index (χ1v) is 18.2. The van der Waals surface area contributed by atoms with Crippen LogP contribution in [0.4, 0.5) is 0 Å². The smallest absolute Gasteiger partial charge is 0.164 e. The Hall–Kier alpha value is -7.84. The van der Waals surface area contributed by atoms with E-state index in [4.69, 9.17) is 39.1 Å². The lowest BCUT2D eigenvalue weighted by molar-refractivity contribution is 0.483. The fraction of sp³-hybridized carbons (Fsp3) is 0. The minimum atomic E-state index is 0.526. The summed E-state index contributed by atoms with van der Waals surface area (Å²) in [7, 11) is 0. The van der Waals surface area contributed by atoms with E-state index in [9.17, 15) is 0 Å². The van der Waals surface area contributed by atoms with Gasteiger partial charge in [-0.05, 0) is 48.5 Å². The van der Waals surface area contributed by atoms with Gasteiger partial charge in [0.1, 0.15) is 22.7 Å². The van der Waals surface area contributed by atoms with Crippen LogP contribution < -0.4 is 4.74 Å². The summed E-state index contributed by atoms with van der Waals surface area (Å²) in [6.45, 7) is 0. The van der Waals surface area contributed by atoms with Gasteiger partial charge in [-0.25, -0.2) is 29.9 Å². The fourth-order valence-electron chi connectivity index (χ4n) is 6.75. The second-order valence-corrected chi connectivity index (χ2v) is 13.1. The molecule has 8 nitrogen and oxygen atoms in total. The molecule has 0 amide bonds. The quantitative estimate of drug-likeness (QED) is 0.153. The second kappa shape index (κ2) is 14.2. The van der Waals surface area contributed by atoms with E-state index in [-0.39, 0.29) is 0 Å². The molecule has 0 aliphatic heterocycles. The van der Waals surface area contributed by atoms with Crippen LogP contribution in [0.1, 0.15) is 0 Å². The molecule has 56 heavy (non-hydrogen) atoms. The van der Waals surface area contributed by atoms with Crippen molar-refractivity contribution >= 4 is 21.9 Å². The first kappa shape index (κ1) is 32.8. The van der Waals surface area contributed by atoms with Crippen LogP contribution in [0.25, 0.3) is 90.3 Å². The van der Waals surface area contributed by atoms with Crippen molar-refractivity contribution in [2.45, 2.75) is 0 Å². The third kappa shape index (κ3) is 6.41. The number of benzene rings is 7. The molecule has 3 heterocycles. The highest BCUT2D eigenvalue weighted by molar-refractivity contribution is 6.11. The summed E-state index contributed by atoms with van der Waals surface area (Å²) < 4.78 is 12.6. The summed E-state index contributed by atoms with van der Waals surface area (Å²) in [6, 6.07) is 59.4. The maximum atomic E-state index is 6.41. The van der Waals surface area contributed by atoms with Crippen molar-refractivity contribution in [3.63, 3.8) is 0 Å². The van der Waals surface area contributed by atoms with Crippen LogP contribution in [0.5, 0.6) is 11.5 Å². The predicted octanol–water partition coefficient (Wildman–Crippen LogP) is 11.8. The number of nitrogens with zero attached hydrogens (tertiary/aromatic N) is 6. The highest BCUT2D eigenvalue weighted by Crippen LogP contribution is 2.37. The lowest BCUT2D eigenvalue weighted by Gasteiger charge is -2.11. The highest BCUT2D eigenvalue weighted by atomic mass is 16.5. The van der Waals surface area contributed by atoms with Crippen molar-refractivity contribution in [1.29, 1.82) is 0 Å². The molecule has 8 heteroatoms. The Labute approximate surface area is 321 Å². The predicted molar refractivity (Wildman–Crippen MR) is 220 cm³/mol.